The molecule has 1 heterocycles. The Hall–Kier alpha value is -0.330. The number of aromatic nitrogens is 1. The molecule has 0 fully saturated rings. The van der Waals surface area contributed by atoms with Gasteiger partial charge in [0.05, 0.1) is 16.8 Å². The molecular formula is C11H12ClNO2S2. The number of rotatable bonds is 5. The Balaban J connectivity index is 2.12. The van der Waals surface area contributed by atoms with E-state index < -0.39 is 11.2 Å². The summed E-state index contributed by atoms with van der Waals surface area (Å²) in [5.74, 6) is 0.487. The van der Waals surface area contributed by atoms with Crippen molar-refractivity contribution in [1.82, 2.24) is 4.98 Å². The fourth-order valence-electron chi connectivity index (χ4n) is 1.34. The lowest BCUT2D eigenvalue weighted by Gasteiger charge is -2.05. The Bertz CT molecular complexity index is 503. The van der Waals surface area contributed by atoms with Crippen LogP contribution < -0.4 is 0 Å². The molecule has 1 aromatic carbocycles. The molecule has 2 rings (SSSR count). The van der Waals surface area contributed by atoms with Gasteiger partial charge in [0.1, 0.15) is 5.75 Å². The van der Waals surface area contributed by atoms with Gasteiger partial charge in [0, 0.05) is 22.8 Å². The fraction of sp³-hybridized carbons (Fsp3) is 0.364. The van der Waals surface area contributed by atoms with E-state index in [1.165, 1.54) is 11.3 Å². The number of thiazole rings is 1. The molecule has 1 aromatic heterocycles. The van der Waals surface area contributed by atoms with Crippen molar-refractivity contribution in [3.8, 4) is 0 Å². The minimum atomic E-state index is -1.08. The number of ether oxygens (including phenoxy) is 1. The van der Waals surface area contributed by atoms with E-state index in [0.29, 0.717) is 28.3 Å². The molecule has 0 bridgehead atoms. The molecule has 6 heteroatoms. The summed E-state index contributed by atoms with van der Waals surface area (Å²) in [5, 5.41) is 0.648. The summed E-state index contributed by atoms with van der Waals surface area (Å²) in [5.41, 5.74) is 0.808. The maximum absolute atomic E-state index is 11.9. The maximum atomic E-state index is 11.9. The van der Waals surface area contributed by atoms with Gasteiger partial charge < -0.3 is 9.29 Å². The van der Waals surface area contributed by atoms with E-state index in [1.807, 2.05) is 19.1 Å². The second-order valence-corrected chi connectivity index (χ2v) is 6.55. The van der Waals surface area contributed by atoms with Gasteiger partial charge in [-0.3, -0.25) is 0 Å². The first-order valence-corrected chi connectivity index (χ1v) is 7.74. The molecule has 0 saturated heterocycles. The Kier molecular flexibility index (Phi) is 4.64. The van der Waals surface area contributed by atoms with Gasteiger partial charge in [-0.05, 0) is 25.1 Å². The molecule has 0 aliphatic rings. The summed E-state index contributed by atoms with van der Waals surface area (Å²) >= 11 is 6.24. The van der Waals surface area contributed by atoms with Crippen LogP contribution in [-0.4, -0.2) is 28.5 Å². The zero-order valence-corrected chi connectivity index (χ0v) is 11.7. The van der Waals surface area contributed by atoms with Crippen LogP contribution in [0.1, 0.15) is 6.92 Å². The molecule has 0 aliphatic heterocycles. The first kappa shape index (κ1) is 13.1. The van der Waals surface area contributed by atoms with E-state index >= 15 is 0 Å². The molecule has 2 aromatic rings. The molecule has 0 amide bonds. The first-order chi connectivity index (χ1) is 8.20. The molecule has 17 heavy (non-hydrogen) atoms. The predicted octanol–water partition coefficient (Wildman–Crippen LogP) is 3.09. The third-order valence-electron chi connectivity index (χ3n) is 2.14. The Morgan fingerprint density at radius 1 is 1.53 bits per heavy atom. The quantitative estimate of drug-likeness (QED) is 0.628. The summed E-state index contributed by atoms with van der Waals surface area (Å²) in [6, 6.07) is 5.50. The largest absolute Gasteiger partial charge is 0.609 e. The van der Waals surface area contributed by atoms with Gasteiger partial charge in [0.2, 0.25) is 0 Å². The van der Waals surface area contributed by atoms with Gasteiger partial charge in [-0.2, -0.15) is 4.98 Å². The summed E-state index contributed by atoms with van der Waals surface area (Å²) in [4.78, 5) is 4.33. The van der Waals surface area contributed by atoms with Crippen molar-refractivity contribution in [2.24, 2.45) is 0 Å². The van der Waals surface area contributed by atoms with Gasteiger partial charge in [-0.1, -0.05) is 22.9 Å². The minimum absolute atomic E-state index is 0.487. The Morgan fingerprint density at radius 2 is 2.35 bits per heavy atom. The second-order valence-electron chi connectivity index (χ2n) is 3.34. The van der Waals surface area contributed by atoms with E-state index in [-0.39, 0.29) is 0 Å². The average molecular weight is 290 g/mol. The van der Waals surface area contributed by atoms with Crippen LogP contribution in [0.2, 0.25) is 5.02 Å². The molecule has 3 nitrogen and oxygen atoms in total. The van der Waals surface area contributed by atoms with Gasteiger partial charge in [0.25, 0.3) is 0 Å². The standard InChI is InChI=1S/C11H12ClNO2S2/c1-2-15-5-6-17(14)11-13-9-7-8(12)3-4-10(9)16-11/h3-4,7H,2,5-6H2,1H3. The molecule has 0 aliphatic carbocycles. The smallest absolute Gasteiger partial charge is 0.302 e. The van der Waals surface area contributed by atoms with Crippen molar-refractivity contribution in [2.75, 3.05) is 19.0 Å². The minimum Gasteiger partial charge on any atom is -0.609 e. The molecule has 92 valence electrons. The van der Waals surface area contributed by atoms with Crippen molar-refractivity contribution in [3.05, 3.63) is 23.2 Å². The van der Waals surface area contributed by atoms with E-state index in [1.54, 1.807) is 6.07 Å². The molecule has 0 radical (unpaired) electrons. The van der Waals surface area contributed by atoms with Crippen LogP contribution in [0.4, 0.5) is 0 Å². The van der Waals surface area contributed by atoms with E-state index in [4.69, 9.17) is 16.3 Å². The van der Waals surface area contributed by atoms with Crippen LogP contribution in [0.15, 0.2) is 22.5 Å². The SMILES string of the molecule is CCOCC[S+]([O-])c1nc2cc(Cl)ccc2s1. The summed E-state index contributed by atoms with van der Waals surface area (Å²) in [6.07, 6.45) is 0. The van der Waals surface area contributed by atoms with Crippen LogP contribution in [0.5, 0.6) is 0 Å². The van der Waals surface area contributed by atoms with Gasteiger partial charge in [0.15, 0.2) is 0 Å². The zero-order chi connectivity index (χ0) is 12.3. The second kappa shape index (κ2) is 6.02. The molecular weight excluding hydrogens is 278 g/mol. The zero-order valence-electron chi connectivity index (χ0n) is 9.31. The lowest BCUT2D eigenvalue weighted by molar-refractivity contribution is 0.163. The third kappa shape index (κ3) is 3.33. The fourth-order valence-corrected chi connectivity index (χ4v) is 3.72. The van der Waals surface area contributed by atoms with Gasteiger partial charge in [-0.15, -0.1) is 0 Å². The topological polar surface area (TPSA) is 45.2 Å². The Morgan fingerprint density at radius 3 is 3.12 bits per heavy atom. The molecule has 0 N–H and O–H groups in total. The number of hydrogen-bond acceptors (Lipinski definition) is 4. The average Bonchev–Trinajstić information content (AvgIpc) is 2.72. The summed E-state index contributed by atoms with van der Waals surface area (Å²) in [7, 11) is 0. The number of fused-ring (bicyclic) bond motifs is 1. The van der Waals surface area contributed by atoms with E-state index in [0.717, 1.165) is 10.2 Å². The van der Waals surface area contributed by atoms with Crippen LogP contribution in [0.3, 0.4) is 0 Å². The van der Waals surface area contributed by atoms with Crippen molar-refractivity contribution in [2.45, 2.75) is 11.3 Å². The highest BCUT2D eigenvalue weighted by atomic mass is 35.5. The number of nitrogens with zero attached hydrogens (tertiary/aromatic N) is 1. The van der Waals surface area contributed by atoms with Crippen molar-refractivity contribution >= 4 is 44.3 Å². The van der Waals surface area contributed by atoms with Gasteiger partial charge in [-0.25, -0.2) is 0 Å². The molecule has 1 unspecified atom stereocenters. The van der Waals surface area contributed by atoms with Crippen LogP contribution in [0, 0.1) is 0 Å². The molecule has 1 atom stereocenters. The lowest BCUT2D eigenvalue weighted by atomic mass is 10.3. The number of benzene rings is 1. The van der Waals surface area contributed by atoms with Gasteiger partial charge >= 0.3 is 4.34 Å². The Labute approximate surface area is 112 Å². The first-order valence-electron chi connectivity index (χ1n) is 5.23. The van der Waals surface area contributed by atoms with Crippen molar-refractivity contribution < 1.29 is 9.29 Å². The highest BCUT2D eigenvalue weighted by Gasteiger charge is 2.16. The van der Waals surface area contributed by atoms with Crippen molar-refractivity contribution in [3.63, 3.8) is 0 Å². The van der Waals surface area contributed by atoms with E-state index in [9.17, 15) is 4.55 Å². The van der Waals surface area contributed by atoms with E-state index in [2.05, 4.69) is 4.98 Å². The molecule has 0 spiro atoms. The third-order valence-corrected chi connectivity index (χ3v) is 5.03. The van der Waals surface area contributed by atoms with Crippen molar-refractivity contribution in [1.29, 1.82) is 0 Å². The summed E-state index contributed by atoms with van der Waals surface area (Å²) in [6.45, 7) is 3.06. The lowest BCUT2D eigenvalue weighted by Crippen LogP contribution is -2.12. The van der Waals surface area contributed by atoms with Crippen LogP contribution >= 0.6 is 22.9 Å². The molecule has 0 saturated carbocycles. The monoisotopic (exact) mass is 289 g/mol. The predicted molar refractivity (Wildman–Crippen MR) is 72.4 cm³/mol. The van der Waals surface area contributed by atoms with Crippen LogP contribution in [0.25, 0.3) is 10.2 Å². The highest BCUT2D eigenvalue weighted by molar-refractivity contribution is 7.93. The maximum Gasteiger partial charge on any atom is 0.302 e. The number of hydrogen-bond donors (Lipinski definition) is 0. The summed E-state index contributed by atoms with van der Waals surface area (Å²) < 4.78 is 18.8. The highest BCUT2D eigenvalue weighted by Crippen LogP contribution is 2.28. The van der Waals surface area contributed by atoms with Crippen LogP contribution in [-0.2, 0) is 15.9 Å². The normalized spacial score (nSPS) is 13.1. The number of halogens is 1.